The van der Waals surface area contributed by atoms with Crippen molar-refractivity contribution in [2.45, 2.75) is 30.6 Å². The zero-order valence-electron chi connectivity index (χ0n) is 13.1. The summed E-state index contributed by atoms with van der Waals surface area (Å²) in [6.45, 7) is 2.80. The lowest BCUT2D eigenvalue weighted by Crippen LogP contribution is -2.38. The Morgan fingerprint density at radius 3 is 2.26 bits per heavy atom. The van der Waals surface area contributed by atoms with Crippen molar-refractivity contribution in [2.24, 2.45) is 0 Å². The zero-order chi connectivity index (χ0) is 16.3. The molecule has 0 radical (unpaired) electrons. The van der Waals surface area contributed by atoms with E-state index in [2.05, 4.69) is 0 Å². The van der Waals surface area contributed by atoms with Crippen molar-refractivity contribution in [3.8, 4) is 0 Å². The van der Waals surface area contributed by atoms with Crippen LogP contribution in [0, 0.1) is 0 Å². The van der Waals surface area contributed by atoms with Crippen molar-refractivity contribution < 1.29 is 17.9 Å². The normalized spacial score (nSPS) is 20.4. The molecule has 23 heavy (non-hydrogen) atoms. The van der Waals surface area contributed by atoms with E-state index in [1.165, 1.54) is 16.4 Å². The number of piperidine rings is 1. The molecule has 7 heteroatoms. The summed E-state index contributed by atoms with van der Waals surface area (Å²) in [6, 6.07) is 6.24. The molecule has 0 aliphatic carbocycles. The molecule has 0 bridgehead atoms. The van der Waals surface area contributed by atoms with Gasteiger partial charge in [0.05, 0.1) is 11.5 Å². The van der Waals surface area contributed by atoms with Gasteiger partial charge in [-0.2, -0.15) is 4.31 Å². The van der Waals surface area contributed by atoms with Gasteiger partial charge in [0.15, 0.2) is 0 Å². The molecule has 0 N–H and O–H groups in total. The summed E-state index contributed by atoms with van der Waals surface area (Å²) in [5.74, 6) is -0.119. The summed E-state index contributed by atoms with van der Waals surface area (Å²) in [5, 5.41) is 0. The number of carbonyl (C=O) groups is 1. The Balaban J connectivity index is 1.74. The van der Waals surface area contributed by atoms with Crippen LogP contribution >= 0.6 is 0 Å². The van der Waals surface area contributed by atoms with Gasteiger partial charge in [-0.3, -0.25) is 4.79 Å². The van der Waals surface area contributed by atoms with Crippen molar-refractivity contribution in [3.05, 3.63) is 29.8 Å². The first-order valence-corrected chi connectivity index (χ1v) is 9.50. The fourth-order valence-corrected chi connectivity index (χ4v) is 4.48. The number of benzene rings is 1. The monoisotopic (exact) mass is 338 g/mol. The summed E-state index contributed by atoms with van der Waals surface area (Å²) in [6.07, 6.45) is 3.72. The molecule has 2 aliphatic rings. The molecule has 126 valence electrons. The number of amides is 1. The van der Waals surface area contributed by atoms with E-state index in [1.807, 2.05) is 0 Å². The van der Waals surface area contributed by atoms with Crippen LogP contribution in [0.15, 0.2) is 29.2 Å². The minimum Gasteiger partial charge on any atom is -0.361 e. The first-order chi connectivity index (χ1) is 11.1. The second-order valence-corrected chi connectivity index (χ2v) is 7.89. The summed E-state index contributed by atoms with van der Waals surface area (Å²) in [5.41, 5.74) is 0.494. The van der Waals surface area contributed by atoms with E-state index in [9.17, 15) is 13.2 Å². The highest BCUT2D eigenvalue weighted by Crippen LogP contribution is 2.21. The van der Waals surface area contributed by atoms with Gasteiger partial charge in [-0.05, 0) is 43.5 Å². The zero-order valence-corrected chi connectivity index (χ0v) is 13.9. The smallest absolute Gasteiger partial charge is 0.255 e. The van der Waals surface area contributed by atoms with Gasteiger partial charge >= 0.3 is 0 Å². The van der Waals surface area contributed by atoms with E-state index in [0.717, 1.165) is 25.7 Å². The Kier molecular flexibility index (Phi) is 4.99. The quantitative estimate of drug-likeness (QED) is 0.841. The van der Waals surface area contributed by atoms with E-state index in [0.29, 0.717) is 38.5 Å². The maximum atomic E-state index is 12.6. The number of rotatable bonds is 3. The van der Waals surface area contributed by atoms with E-state index < -0.39 is 10.0 Å². The lowest BCUT2D eigenvalue weighted by Gasteiger charge is -2.27. The predicted octanol–water partition coefficient (Wildman–Crippen LogP) is 1.68. The topological polar surface area (TPSA) is 66.9 Å². The molecule has 2 fully saturated rings. The van der Waals surface area contributed by atoms with Crippen LogP contribution < -0.4 is 0 Å². The molecule has 1 aromatic rings. The van der Waals surface area contributed by atoms with Gasteiger partial charge in [-0.25, -0.2) is 8.42 Å². The van der Waals surface area contributed by atoms with Crippen LogP contribution in [0.2, 0.25) is 0 Å². The van der Waals surface area contributed by atoms with Crippen LogP contribution in [0.5, 0.6) is 0 Å². The Labute approximate surface area is 137 Å². The van der Waals surface area contributed by atoms with Crippen molar-refractivity contribution in [1.82, 2.24) is 9.21 Å². The number of hydrogen-bond donors (Lipinski definition) is 0. The second kappa shape index (κ2) is 6.98. The predicted molar refractivity (Wildman–Crippen MR) is 85.5 cm³/mol. The van der Waals surface area contributed by atoms with Crippen LogP contribution in [0.25, 0.3) is 0 Å². The van der Waals surface area contributed by atoms with Crippen molar-refractivity contribution in [3.63, 3.8) is 0 Å². The van der Waals surface area contributed by atoms with Gasteiger partial charge in [0.1, 0.15) is 6.73 Å². The molecule has 2 saturated heterocycles. The lowest BCUT2D eigenvalue weighted by molar-refractivity contribution is -0.00571. The molecule has 3 rings (SSSR count). The molecule has 1 aromatic carbocycles. The van der Waals surface area contributed by atoms with Gasteiger partial charge in [0, 0.05) is 25.2 Å². The SMILES string of the molecule is O=C(c1ccc(S(=O)(=O)N2CCCCC2)cc1)N1CCCOC1. The fourth-order valence-electron chi connectivity index (χ4n) is 2.96. The van der Waals surface area contributed by atoms with E-state index in [1.54, 1.807) is 17.0 Å². The minimum atomic E-state index is -3.45. The molecule has 0 saturated carbocycles. The van der Waals surface area contributed by atoms with Crippen molar-refractivity contribution in [1.29, 1.82) is 0 Å². The highest BCUT2D eigenvalue weighted by molar-refractivity contribution is 7.89. The van der Waals surface area contributed by atoms with E-state index >= 15 is 0 Å². The van der Waals surface area contributed by atoms with Gasteiger partial charge in [-0.15, -0.1) is 0 Å². The van der Waals surface area contributed by atoms with Crippen LogP contribution in [-0.4, -0.2) is 56.5 Å². The van der Waals surface area contributed by atoms with Gasteiger partial charge in [0.25, 0.3) is 5.91 Å². The molecule has 0 aromatic heterocycles. The molecule has 0 atom stereocenters. The second-order valence-electron chi connectivity index (χ2n) is 5.95. The number of ether oxygens (including phenoxy) is 1. The van der Waals surface area contributed by atoms with Crippen molar-refractivity contribution in [2.75, 3.05) is 33.0 Å². The molecule has 2 aliphatic heterocycles. The number of nitrogens with zero attached hydrogens (tertiary/aromatic N) is 2. The van der Waals surface area contributed by atoms with Crippen LogP contribution in [-0.2, 0) is 14.8 Å². The number of hydrogen-bond acceptors (Lipinski definition) is 4. The molecule has 2 heterocycles. The maximum Gasteiger partial charge on any atom is 0.255 e. The number of sulfonamides is 1. The van der Waals surface area contributed by atoms with Crippen LogP contribution in [0.4, 0.5) is 0 Å². The van der Waals surface area contributed by atoms with Crippen molar-refractivity contribution >= 4 is 15.9 Å². The Bertz CT molecular complexity index is 645. The third-order valence-electron chi connectivity index (χ3n) is 4.31. The standard InChI is InChI=1S/C16H22N2O4S/c19-16(17-9-4-12-22-13-17)14-5-7-15(8-6-14)23(20,21)18-10-2-1-3-11-18/h5-8H,1-4,9-13H2. The summed E-state index contributed by atoms with van der Waals surface area (Å²) in [4.78, 5) is 14.2. The van der Waals surface area contributed by atoms with Gasteiger partial charge in [-0.1, -0.05) is 6.42 Å². The summed E-state index contributed by atoms with van der Waals surface area (Å²) in [7, 11) is -3.45. The van der Waals surface area contributed by atoms with E-state index in [4.69, 9.17) is 4.74 Å². The minimum absolute atomic E-state index is 0.119. The third-order valence-corrected chi connectivity index (χ3v) is 6.22. The summed E-state index contributed by atoms with van der Waals surface area (Å²) < 4.78 is 32.0. The summed E-state index contributed by atoms with van der Waals surface area (Å²) >= 11 is 0. The Morgan fingerprint density at radius 1 is 0.957 bits per heavy atom. The largest absolute Gasteiger partial charge is 0.361 e. The first-order valence-electron chi connectivity index (χ1n) is 8.06. The van der Waals surface area contributed by atoms with Crippen LogP contribution in [0.3, 0.4) is 0 Å². The Hall–Kier alpha value is -1.44. The highest BCUT2D eigenvalue weighted by atomic mass is 32.2. The third kappa shape index (κ3) is 3.57. The average Bonchev–Trinajstić information content (AvgIpc) is 2.63. The highest BCUT2D eigenvalue weighted by Gasteiger charge is 2.26. The number of carbonyl (C=O) groups excluding carboxylic acids is 1. The maximum absolute atomic E-state index is 12.6. The van der Waals surface area contributed by atoms with Crippen LogP contribution in [0.1, 0.15) is 36.0 Å². The Morgan fingerprint density at radius 2 is 1.65 bits per heavy atom. The molecule has 1 amide bonds. The van der Waals surface area contributed by atoms with Gasteiger partial charge < -0.3 is 9.64 Å². The van der Waals surface area contributed by atoms with E-state index in [-0.39, 0.29) is 10.8 Å². The molecule has 6 nitrogen and oxygen atoms in total. The average molecular weight is 338 g/mol. The van der Waals surface area contributed by atoms with Gasteiger partial charge in [0.2, 0.25) is 10.0 Å². The molecule has 0 spiro atoms. The first kappa shape index (κ1) is 16.4. The molecular formula is C16H22N2O4S. The fraction of sp³-hybridized carbons (Fsp3) is 0.562. The molecular weight excluding hydrogens is 316 g/mol. The lowest BCUT2D eigenvalue weighted by atomic mass is 10.2. The molecule has 0 unspecified atom stereocenters.